The van der Waals surface area contributed by atoms with Gasteiger partial charge in [-0.3, -0.25) is 0 Å². The zero-order chi connectivity index (χ0) is 9.71. The lowest BCUT2D eigenvalue weighted by Gasteiger charge is -2.02. The first kappa shape index (κ1) is 8.29. The summed E-state index contributed by atoms with van der Waals surface area (Å²) in [6.07, 6.45) is 2.52. The molecule has 0 radical (unpaired) electrons. The van der Waals surface area contributed by atoms with Crippen molar-refractivity contribution < 1.29 is 0 Å². The van der Waals surface area contributed by atoms with E-state index in [1.807, 2.05) is 18.2 Å². The van der Waals surface area contributed by atoms with E-state index in [9.17, 15) is 0 Å². The Morgan fingerprint density at radius 2 is 2.21 bits per heavy atom. The van der Waals surface area contributed by atoms with Crippen LogP contribution in [-0.2, 0) is 0 Å². The first-order valence-corrected chi connectivity index (χ1v) is 5.48. The van der Waals surface area contributed by atoms with Gasteiger partial charge in [0.15, 0.2) is 4.73 Å². The van der Waals surface area contributed by atoms with Gasteiger partial charge in [0.2, 0.25) is 0 Å². The van der Waals surface area contributed by atoms with E-state index < -0.39 is 0 Å². The molecule has 1 aromatic carbocycles. The molecule has 2 aromatic rings. The second-order valence-corrected chi connectivity index (χ2v) is 4.44. The van der Waals surface area contributed by atoms with Gasteiger partial charge in [0.05, 0.1) is 11.0 Å². The van der Waals surface area contributed by atoms with Gasteiger partial charge in [-0.15, -0.1) is 0 Å². The highest BCUT2D eigenvalue weighted by Gasteiger charge is 2.27. The lowest BCUT2D eigenvalue weighted by Crippen LogP contribution is -1.93. The van der Waals surface area contributed by atoms with Crippen LogP contribution in [0.15, 0.2) is 22.9 Å². The minimum Gasteiger partial charge on any atom is -0.399 e. The smallest absolute Gasteiger partial charge is 0.178 e. The van der Waals surface area contributed by atoms with Gasteiger partial charge >= 0.3 is 0 Å². The van der Waals surface area contributed by atoms with E-state index in [0.717, 1.165) is 15.9 Å². The van der Waals surface area contributed by atoms with Crippen molar-refractivity contribution in [2.45, 2.75) is 18.9 Å². The second-order valence-electron chi connectivity index (χ2n) is 3.73. The molecule has 72 valence electrons. The number of nitrogens with zero attached hydrogens (tertiary/aromatic N) is 2. The first-order valence-electron chi connectivity index (χ1n) is 4.68. The van der Waals surface area contributed by atoms with Crippen molar-refractivity contribution in [2.75, 3.05) is 5.73 Å². The lowest BCUT2D eigenvalue weighted by atomic mass is 10.3. The van der Waals surface area contributed by atoms with Crippen LogP contribution < -0.4 is 5.73 Å². The van der Waals surface area contributed by atoms with Crippen molar-refractivity contribution >= 4 is 32.7 Å². The number of fused-ring (bicyclic) bond motifs is 1. The molecule has 0 saturated heterocycles. The fraction of sp³-hybridized carbons (Fsp3) is 0.300. The summed E-state index contributed by atoms with van der Waals surface area (Å²) in [6.45, 7) is 0. The molecule has 0 bridgehead atoms. The average molecular weight is 252 g/mol. The molecule has 1 saturated carbocycles. The fourth-order valence-electron chi connectivity index (χ4n) is 1.77. The van der Waals surface area contributed by atoms with Gasteiger partial charge in [0.25, 0.3) is 0 Å². The monoisotopic (exact) mass is 251 g/mol. The third-order valence-electron chi connectivity index (χ3n) is 2.58. The minimum atomic E-state index is 0.637. The molecule has 1 fully saturated rings. The number of aromatic nitrogens is 2. The van der Waals surface area contributed by atoms with Crippen LogP contribution in [0.25, 0.3) is 11.0 Å². The molecular weight excluding hydrogens is 242 g/mol. The van der Waals surface area contributed by atoms with Crippen LogP contribution in [-0.4, -0.2) is 9.55 Å². The Morgan fingerprint density at radius 1 is 1.43 bits per heavy atom. The predicted molar refractivity (Wildman–Crippen MR) is 60.1 cm³/mol. The molecule has 1 aromatic heterocycles. The van der Waals surface area contributed by atoms with Crippen LogP contribution in [0, 0.1) is 0 Å². The summed E-state index contributed by atoms with van der Waals surface area (Å²) in [7, 11) is 0. The van der Waals surface area contributed by atoms with Crippen LogP contribution in [0.4, 0.5) is 5.69 Å². The summed E-state index contributed by atoms with van der Waals surface area (Å²) >= 11 is 3.49. The summed E-state index contributed by atoms with van der Waals surface area (Å²) in [4.78, 5) is 4.43. The largest absolute Gasteiger partial charge is 0.399 e. The van der Waals surface area contributed by atoms with E-state index in [4.69, 9.17) is 5.73 Å². The fourth-order valence-corrected chi connectivity index (χ4v) is 2.44. The average Bonchev–Trinajstić information content (AvgIpc) is 2.89. The Kier molecular flexibility index (Phi) is 1.62. The zero-order valence-electron chi connectivity index (χ0n) is 7.57. The highest BCUT2D eigenvalue weighted by atomic mass is 79.9. The van der Waals surface area contributed by atoms with Crippen molar-refractivity contribution in [1.29, 1.82) is 0 Å². The van der Waals surface area contributed by atoms with Crippen molar-refractivity contribution in [3.05, 3.63) is 22.9 Å². The highest BCUT2D eigenvalue weighted by Crippen LogP contribution is 2.40. The topological polar surface area (TPSA) is 43.8 Å². The molecule has 0 spiro atoms. The molecular formula is C10H10BrN3. The molecule has 0 unspecified atom stereocenters. The van der Waals surface area contributed by atoms with E-state index in [1.54, 1.807) is 0 Å². The van der Waals surface area contributed by atoms with Gasteiger partial charge in [-0.2, -0.15) is 0 Å². The molecule has 1 aliphatic carbocycles. The number of benzene rings is 1. The van der Waals surface area contributed by atoms with E-state index in [1.165, 1.54) is 18.4 Å². The summed E-state index contributed by atoms with van der Waals surface area (Å²) in [6, 6.07) is 6.52. The Morgan fingerprint density at radius 3 is 2.93 bits per heavy atom. The molecule has 3 rings (SSSR count). The Hall–Kier alpha value is -1.03. The van der Waals surface area contributed by atoms with Crippen LogP contribution in [0.5, 0.6) is 0 Å². The Balaban J connectivity index is 2.32. The van der Waals surface area contributed by atoms with Crippen LogP contribution in [0.2, 0.25) is 0 Å². The molecule has 1 aliphatic rings. The summed E-state index contributed by atoms with van der Waals surface area (Å²) in [5.74, 6) is 0. The third-order valence-corrected chi connectivity index (χ3v) is 3.14. The highest BCUT2D eigenvalue weighted by molar-refractivity contribution is 9.10. The Bertz CT molecular complexity index is 499. The maximum atomic E-state index is 5.71. The quantitative estimate of drug-likeness (QED) is 0.793. The van der Waals surface area contributed by atoms with E-state index >= 15 is 0 Å². The van der Waals surface area contributed by atoms with Crippen molar-refractivity contribution in [3.8, 4) is 0 Å². The number of rotatable bonds is 1. The number of halogens is 1. The molecule has 14 heavy (non-hydrogen) atoms. The molecule has 2 N–H and O–H groups in total. The number of anilines is 1. The van der Waals surface area contributed by atoms with Gasteiger partial charge in [-0.25, -0.2) is 4.98 Å². The lowest BCUT2D eigenvalue weighted by molar-refractivity contribution is 0.745. The number of hydrogen-bond acceptors (Lipinski definition) is 2. The predicted octanol–water partition coefficient (Wildman–Crippen LogP) is 2.72. The van der Waals surface area contributed by atoms with Gasteiger partial charge in [0, 0.05) is 11.7 Å². The molecule has 0 aliphatic heterocycles. The number of nitrogen functional groups attached to an aromatic ring is 1. The SMILES string of the molecule is Nc1ccc2c(c1)nc(Br)n2C1CC1. The maximum absolute atomic E-state index is 5.71. The van der Waals surface area contributed by atoms with Gasteiger partial charge in [-0.05, 0) is 47.0 Å². The minimum absolute atomic E-state index is 0.637. The maximum Gasteiger partial charge on any atom is 0.178 e. The van der Waals surface area contributed by atoms with Gasteiger partial charge in [-0.1, -0.05) is 0 Å². The second kappa shape index (κ2) is 2.73. The molecule has 4 heteroatoms. The summed E-state index contributed by atoms with van der Waals surface area (Å²) in [5.41, 5.74) is 8.63. The normalized spacial score (nSPS) is 16.4. The van der Waals surface area contributed by atoms with E-state index in [-0.39, 0.29) is 0 Å². The molecule has 1 heterocycles. The number of hydrogen-bond donors (Lipinski definition) is 1. The number of imidazole rings is 1. The Labute approximate surface area is 90.0 Å². The van der Waals surface area contributed by atoms with Crippen LogP contribution in [0.1, 0.15) is 18.9 Å². The number of nitrogens with two attached hydrogens (primary N) is 1. The van der Waals surface area contributed by atoms with Gasteiger partial charge in [0.1, 0.15) is 0 Å². The van der Waals surface area contributed by atoms with E-state index in [2.05, 4.69) is 25.5 Å². The zero-order valence-corrected chi connectivity index (χ0v) is 9.16. The third kappa shape index (κ3) is 1.14. The molecule has 0 atom stereocenters. The van der Waals surface area contributed by atoms with E-state index in [0.29, 0.717) is 6.04 Å². The van der Waals surface area contributed by atoms with Crippen LogP contribution in [0.3, 0.4) is 0 Å². The molecule has 0 amide bonds. The summed E-state index contributed by atoms with van der Waals surface area (Å²) < 4.78 is 3.16. The first-order chi connectivity index (χ1) is 6.75. The van der Waals surface area contributed by atoms with Crippen molar-refractivity contribution in [2.24, 2.45) is 0 Å². The van der Waals surface area contributed by atoms with Crippen molar-refractivity contribution in [3.63, 3.8) is 0 Å². The molecule has 3 nitrogen and oxygen atoms in total. The van der Waals surface area contributed by atoms with Crippen molar-refractivity contribution in [1.82, 2.24) is 9.55 Å². The summed E-state index contributed by atoms with van der Waals surface area (Å²) in [5, 5.41) is 0. The van der Waals surface area contributed by atoms with Crippen LogP contribution >= 0.6 is 15.9 Å². The standard InChI is InChI=1S/C10H10BrN3/c11-10-13-8-5-6(12)1-4-9(8)14(10)7-2-3-7/h1,4-5,7H,2-3,12H2. The van der Waals surface area contributed by atoms with Gasteiger partial charge < -0.3 is 10.3 Å².